The fourth-order valence-electron chi connectivity index (χ4n) is 2.52. The fraction of sp³-hybridized carbons (Fsp3) is 0.316. The number of rotatable bonds is 9. The Morgan fingerprint density at radius 1 is 1.04 bits per heavy atom. The maximum Gasteiger partial charge on any atom is 0.267 e. The fourth-order valence-corrected chi connectivity index (χ4v) is 4.21. The van der Waals surface area contributed by atoms with E-state index in [0.717, 1.165) is 5.56 Å². The monoisotopic (exact) mass is 471 g/mol. The molecule has 0 spiro atoms. The Morgan fingerprint density at radius 2 is 1.71 bits per heavy atom. The van der Waals surface area contributed by atoms with Gasteiger partial charge in [-0.15, -0.1) is 0 Å². The molecule has 0 aliphatic carbocycles. The Hall–Kier alpha value is -2.26. The number of aryl methyl sites for hydroxylation is 1. The van der Waals surface area contributed by atoms with Gasteiger partial charge in [0.05, 0.1) is 20.8 Å². The summed E-state index contributed by atoms with van der Waals surface area (Å²) in [5.41, 5.74) is 0.822. The van der Waals surface area contributed by atoms with E-state index in [4.69, 9.17) is 14.2 Å². The van der Waals surface area contributed by atoms with E-state index in [1.54, 1.807) is 31.2 Å². The van der Waals surface area contributed by atoms with E-state index in [0.29, 0.717) is 29.0 Å². The van der Waals surface area contributed by atoms with Crippen LogP contribution in [0.15, 0.2) is 45.8 Å². The number of carbonyl (C=O) groups is 1. The number of hydrogen-bond donors (Lipinski definition) is 1. The highest BCUT2D eigenvalue weighted by atomic mass is 79.9. The molecule has 0 bridgehead atoms. The first-order valence-corrected chi connectivity index (χ1v) is 10.8. The third-order valence-electron chi connectivity index (χ3n) is 3.83. The molecule has 1 amide bonds. The lowest BCUT2D eigenvalue weighted by molar-refractivity contribution is -0.119. The summed E-state index contributed by atoms with van der Waals surface area (Å²) in [4.78, 5) is 12.1. The van der Waals surface area contributed by atoms with Gasteiger partial charge in [0.2, 0.25) is 5.91 Å². The molecular weight excluding hydrogens is 450 g/mol. The molecule has 2 aromatic carbocycles. The minimum absolute atomic E-state index is 0.00726. The number of halogens is 1. The average Bonchev–Trinajstić information content (AvgIpc) is 2.67. The molecule has 0 radical (unpaired) electrons. The predicted molar refractivity (Wildman–Crippen MR) is 109 cm³/mol. The molecule has 0 heterocycles. The summed E-state index contributed by atoms with van der Waals surface area (Å²) < 4.78 is 43.7. The van der Waals surface area contributed by atoms with Gasteiger partial charge in [0.1, 0.15) is 10.6 Å². The molecule has 28 heavy (non-hydrogen) atoms. The van der Waals surface area contributed by atoms with Crippen molar-refractivity contribution in [2.24, 2.45) is 0 Å². The Labute approximate surface area is 173 Å². The standard InChI is InChI=1S/C19H22BrNO6S/c1-4-27-16-9-7-14(20)12-18(16)28(23,24)21-19(22)10-6-13-5-8-15(25-2)17(11-13)26-3/h5,7-9,11-12H,4,6,10H2,1-3H3,(H,21,22). The van der Waals surface area contributed by atoms with Crippen LogP contribution in [0.1, 0.15) is 18.9 Å². The van der Waals surface area contributed by atoms with Gasteiger partial charge in [0, 0.05) is 10.9 Å². The van der Waals surface area contributed by atoms with Gasteiger partial charge >= 0.3 is 0 Å². The van der Waals surface area contributed by atoms with Crippen LogP contribution in [0, 0.1) is 0 Å². The summed E-state index contributed by atoms with van der Waals surface area (Å²) in [6.45, 7) is 2.05. The Kier molecular flexibility index (Phi) is 7.70. The molecule has 0 saturated heterocycles. The summed E-state index contributed by atoms with van der Waals surface area (Å²) in [6.07, 6.45) is 0.338. The van der Waals surface area contributed by atoms with Gasteiger partial charge in [-0.05, 0) is 49.2 Å². The minimum Gasteiger partial charge on any atom is -0.493 e. The van der Waals surface area contributed by atoms with Crippen molar-refractivity contribution in [3.63, 3.8) is 0 Å². The normalized spacial score (nSPS) is 11.0. The van der Waals surface area contributed by atoms with E-state index in [2.05, 4.69) is 20.7 Å². The second-order valence-corrected chi connectivity index (χ2v) is 8.31. The van der Waals surface area contributed by atoms with Gasteiger partial charge in [-0.2, -0.15) is 0 Å². The molecular formula is C19H22BrNO6S. The highest BCUT2D eigenvalue weighted by Crippen LogP contribution is 2.29. The number of nitrogens with one attached hydrogen (secondary N) is 1. The zero-order valence-electron chi connectivity index (χ0n) is 15.8. The van der Waals surface area contributed by atoms with E-state index in [9.17, 15) is 13.2 Å². The van der Waals surface area contributed by atoms with Crippen LogP contribution in [0.4, 0.5) is 0 Å². The molecule has 2 aromatic rings. The van der Waals surface area contributed by atoms with Crippen molar-refractivity contribution in [1.82, 2.24) is 4.72 Å². The molecule has 7 nitrogen and oxygen atoms in total. The first kappa shape index (κ1) is 22.0. The van der Waals surface area contributed by atoms with Gasteiger partial charge in [-0.3, -0.25) is 4.79 Å². The largest absolute Gasteiger partial charge is 0.493 e. The Balaban J connectivity index is 2.09. The second kappa shape index (κ2) is 9.79. The first-order valence-electron chi connectivity index (χ1n) is 8.49. The quantitative estimate of drug-likeness (QED) is 0.603. The van der Waals surface area contributed by atoms with Crippen molar-refractivity contribution in [1.29, 1.82) is 0 Å². The van der Waals surface area contributed by atoms with Gasteiger partial charge in [-0.1, -0.05) is 22.0 Å². The Bertz CT molecular complexity index is 945. The van der Waals surface area contributed by atoms with Crippen LogP contribution in [0.5, 0.6) is 17.2 Å². The number of ether oxygens (including phenoxy) is 3. The van der Waals surface area contributed by atoms with Gasteiger partial charge in [0.25, 0.3) is 10.0 Å². The van der Waals surface area contributed by atoms with Crippen LogP contribution in [0.25, 0.3) is 0 Å². The van der Waals surface area contributed by atoms with Crippen LogP contribution in [-0.2, 0) is 21.2 Å². The minimum atomic E-state index is -4.06. The number of sulfonamides is 1. The van der Waals surface area contributed by atoms with E-state index in [-0.39, 0.29) is 17.1 Å². The zero-order valence-corrected chi connectivity index (χ0v) is 18.2. The van der Waals surface area contributed by atoms with E-state index < -0.39 is 15.9 Å². The molecule has 152 valence electrons. The Morgan fingerprint density at radius 3 is 2.36 bits per heavy atom. The van der Waals surface area contributed by atoms with Gasteiger partial charge in [-0.25, -0.2) is 13.1 Å². The van der Waals surface area contributed by atoms with Crippen molar-refractivity contribution >= 4 is 31.9 Å². The lowest BCUT2D eigenvalue weighted by atomic mass is 10.1. The molecule has 0 aliphatic heterocycles. The van der Waals surface area contributed by atoms with Crippen LogP contribution in [0.3, 0.4) is 0 Å². The summed E-state index contributed by atoms with van der Waals surface area (Å²) in [5, 5.41) is 0. The first-order chi connectivity index (χ1) is 13.3. The summed E-state index contributed by atoms with van der Waals surface area (Å²) in [7, 11) is -1.00. The molecule has 0 aromatic heterocycles. The lowest BCUT2D eigenvalue weighted by Gasteiger charge is -2.13. The maximum absolute atomic E-state index is 12.6. The number of carbonyl (C=O) groups excluding carboxylic acids is 1. The summed E-state index contributed by atoms with van der Waals surface area (Å²) in [5.74, 6) is 0.697. The third kappa shape index (κ3) is 5.62. The van der Waals surface area contributed by atoms with Gasteiger partial charge < -0.3 is 14.2 Å². The summed E-state index contributed by atoms with van der Waals surface area (Å²) >= 11 is 3.24. The van der Waals surface area contributed by atoms with Crippen LogP contribution < -0.4 is 18.9 Å². The maximum atomic E-state index is 12.6. The zero-order chi connectivity index (χ0) is 20.7. The van der Waals surface area contributed by atoms with Crippen LogP contribution in [0.2, 0.25) is 0 Å². The predicted octanol–water partition coefficient (Wildman–Crippen LogP) is 3.30. The SMILES string of the molecule is CCOc1ccc(Br)cc1S(=O)(=O)NC(=O)CCc1ccc(OC)c(OC)c1. The van der Waals surface area contributed by atoms with E-state index in [1.165, 1.54) is 26.4 Å². The van der Waals surface area contributed by atoms with E-state index in [1.807, 2.05) is 0 Å². The smallest absolute Gasteiger partial charge is 0.267 e. The molecule has 1 N–H and O–H groups in total. The number of hydrogen-bond acceptors (Lipinski definition) is 6. The van der Waals surface area contributed by atoms with Crippen molar-refractivity contribution < 1.29 is 27.4 Å². The van der Waals surface area contributed by atoms with Crippen molar-refractivity contribution in [3.8, 4) is 17.2 Å². The van der Waals surface area contributed by atoms with Gasteiger partial charge in [0.15, 0.2) is 11.5 Å². The topological polar surface area (TPSA) is 90.9 Å². The van der Waals surface area contributed by atoms with Crippen molar-refractivity contribution in [2.75, 3.05) is 20.8 Å². The third-order valence-corrected chi connectivity index (χ3v) is 5.72. The van der Waals surface area contributed by atoms with Crippen LogP contribution >= 0.6 is 15.9 Å². The molecule has 0 atom stereocenters. The molecule has 0 saturated carbocycles. The van der Waals surface area contributed by atoms with E-state index >= 15 is 0 Å². The summed E-state index contributed by atoms with van der Waals surface area (Å²) in [6, 6.07) is 9.89. The molecule has 2 rings (SSSR count). The van der Waals surface area contributed by atoms with Crippen molar-refractivity contribution in [3.05, 3.63) is 46.4 Å². The van der Waals surface area contributed by atoms with Crippen molar-refractivity contribution in [2.45, 2.75) is 24.7 Å². The molecule has 0 fully saturated rings. The second-order valence-electron chi connectivity index (χ2n) is 5.74. The molecule has 0 aliphatic rings. The van der Waals surface area contributed by atoms with Crippen LogP contribution in [-0.4, -0.2) is 35.2 Å². The lowest BCUT2D eigenvalue weighted by Crippen LogP contribution is -2.31. The number of methoxy groups -OCH3 is 2. The number of amides is 1. The highest BCUT2D eigenvalue weighted by Gasteiger charge is 2.22. The highest BCUT2D eigenvalue weighted by molar-refractivity contribution is 9.10. The number of benzene rings is 2. The average molecular weight is 472 g/mol. The molecule has 0 unspecified atom stereocenters. The molecule has 9 heteroatoms.